The van der Waals surface area contributed by atoms with Crippen molar-refractivity contribution in [1.29, 1.82) is 0 Å². The maximum Gasteiger partial charge on any atom is 0.125 e. The van der Waals surface area contributed by atoms with Crippen molar-refractivity contribution in [3.63, 3.8) is 0 Å². The van der Waals surface area contributed by atoms with E-state index in [-0.39, 0.29) is 0 Å². The molecule has 0 unspecified atom stereocenters. The average molecular weight is 235 g/mol. The number of nitrogens with zero attached hydrogens (tertiary/aromatic N) is 3. The Labute approximate surface area is 102 Å². The molecule has 0 amide bonds. The lowest BCUT2D eigenvalue weighted by molar-refractivity contribution is 0.213. The van der Waals surface area contributed by atoms with Gasteiger partial charge in [-0.3, -0.25) is 0 Å². The molecule has 2 aliphatic heterocycles. The molecule has 0 aliphatic carbocycles. The molecule has 0 spiro atoms. The Kier molecular flexibility index (Phi) is 2.80. The SMILES string of the molecule is CN1CCC(n2nc3c(c2N)CCNC3)CC1. The van der Waals surface area contributed by atoms with Gasteiger partial charge in [-0.15, -0.1) is 0 Å². The predicted octanol–water partition coefficient (Wildman–Crippen LogP) is 0.378. The lowest BCUT2D eigenvalue weighted by Crippen LogP contribution is -2.32. The molecule has 3 N–H and O–H groups in total. The van der Waals surface area contributed by atoms with Crippen LogP contribution in [0.3, 0.4) is 0 Å². The minimum atomic E-state index is 0.497. The number of nitrogen functional groups attached to an aromatic ring is 1. The van der Waals surface area contributed by atoms with Gasteiger partial charge in [0.15, 0.2) is 0 Å². The van der Waals surface area contributed by atoms with E-state index in [1.807, 2.05) is 0 Å². The summed E-state index contributed by atoms with van der Waals surface area (Å²) in [7, 11) is 2.18. The number of piperidine rings is 1. The molecular formula is C12H21N5. The van der Waals surface area contributed by atoms with Crippen molar-refractivity contribution in [2.45, 2.75) is 31.8 Å². The van der Waals surface area contributed by atoms with Gasteiger partial charge in [0, 0.05) is 12.1 Å². The van der Waals surface area contributed by atoms with Crippen LogP contribution in [0.4, 0.5) is 5.82 Å². The van der Waals surface area contributed by atoms with Crippen LogP contribution in [-0.4, -0.2) is 41.4 Å². The Morgan fingerprint density at radius 1 is 1.35 bits per heavy atom. The number of likely N-dealkylation sites (tertiary alicyclic amines) is 1. The summed E-state index contributed by atoms with van der Waals surface area (Å²) in [6.45, 7) is 4.19. The molecule has 94 valence electrons. The molecule has 3 rings (SSSR count). The van der Waals surface area contributed by atoms with Crippen molar-refractivity contribution < 1.29 is 0 Å². The minimum absolute atomic E-state index is 0.497. The van der Waals surface area contributed by atoms with Gasteiger partial charge in [0.1, 0.15) is 5.82 Å². The van der Waals surface area contributed by atoms with Gasteiger partial charge < -0.3 is 16.0 Å². The van der Waals surface area contributed by atoms with Crippen molar-refractivity contribution in [1.82, 2.24) is 20.0 Å². The standard InChI is InChI=1S/C12H21N5/c1-16-6-3-9(4-7-16)17-12(13)10-2-5-14-8-11(10)15-17/h9,14H,2-8,13H2,1H3. The van der Waals surface area contributed by atoms with Crippen molar-refractivity contribution in [3.05, 3.63) is 11.3 Å². The van der Waals surface area contributed by atoms with Gasteiger partial charge in [0.05, 0.1) is 11.7 Å². The fraction of sp³-hybridized carbons (Fsp3) is 0.750. The van der Waals surface area contributed by atoms with Gasteiger partial charge in [0.25, 0.3) is 0 Å². The second-order valence-corrected chi connectivity index (χ2v) is 5.22. The minimum Gasteiger partial charge on any atom is -0.384 e. The second-order valence-electron chi connectivity index (χ2n) is 5.22. The summed E-state index contributed by atoms with van der Waals surface area (Å²) in [6, 6.07) is 0.497. The third-order valence-electron chi connectivity index (χ3n) is 4.01. The van der Waals surface area contributed by atoms with Crippen LogP contribution < -0.4 is 11.1 Å². The van der Waals surface area contributed by atoms with E-state index < -0.39 is 0 Å². The Morgan fingerprint density at radius 3 is 2.82 bits per heavy atom. The van der Waals surface area contributed by atoms with Crippen LogP contribution in [0.15, 0.2) is 0 Å². The highest BCUT2D eigenvalue weighted by atomic mass is 15.3. The van der Waals surface area contributed by atoms with Crippen LogP contribution in [0.1, 0.15) is 30.1 Å². The predicted molar refractivity (Wildman–Crippen MR) is 67.8 cm³/mol. The lowest BCUT2D eigenvalue weighted by atomic mass is 10.1. The quantitative estimate of drug-likeness (QED) is 0.739. The van der Waals surface area contributed by atoms with Crippen LogP contribution in [-0.2, 0) is 13.0 Å². The summed E-state index contributed by atoms with van der Waals surface area (Å²) >= 11 is 0. The molecule has 1 aromatic heterocycles. The first-order valence-electron chi connectivity index (χ1n) is 6.50. The zero-order valence-electron chi connectivity index (χ0n) is 10.4. The Bertz CT molecular complexity index is 403. The number of nitrogens with two attached hydrogens (primary N) is 1. The van der Waals surface area contributed by atoms with E-state index in [9.17, 15) is 0 Å². The van der Waals surface area contributed by atoms with Crippen LogP contribution in [0.25, 0.3) is 0 Å². The average Bonchev–Trinajstić information content (AvgIpc) is 2.69. The molecular weight excluding hydrogens is 214 g/mol. The normalized spacial score (nSPS) is 22.6. The highest BCUT2D eigenvalue weighted by Crippen LogP contribution is 2.28. The molecule has 1 saturated heterocycles. The van der Waals surface area contributed by atoms with Crippen LogP contribution in [0.5, 0.6) is 0 Å². The third kappa shape index (κ3) is 1.93. The van der Waals surface area contributed by atoms with E-state index in [1.165, 1.54) is 5.56 Å². The molecule has 0 aromatic carbocycles. The number of anilines is 1. The molecule has 1 fully saturated rings. The second kappa shape index (κ2) is 4.31. The fourth-order valence-corrected chi connectivity index (χ4v) is 2.88. The molecule has 5 heteroatoms. The number of aromatic nitrogens is 2. The van der Waals surface area contributed by atoms with Crippen LogP contribution >= 0.6 is 0 Å². The Morgan fingerprint density at radius 2 is 2.12 bits per heavy atom. The Hall–Kier alpha value is -1.07. The highest BCUT2D eigenvalue weighted by Gasteiger charge is 2.25. The van der Waals surface area contributed by atoms with Gasteiger partial charge in [-0.1, -0.05) is 0 Å². The first kappa shape index (κ1) is 11.0. The van der Waals surface area contributed by atoms with Crippen LogP contribution in [0, 0.1) is 0 Å². The van der Waals surface area contributed by atoms with E-state index in [2.05, 4.69) is 21.9 Å². The highest BCUT2D eigenvalue weighted by molar-refractivity contribution is 5.45. The van der Waals surface area contributed by atoms with E-state index in [4.69, 9.17) is 10.8 Å². The molecule has 17 heavy (non-hydrogen) atoms. The van der Waals surface area contributed by atoms with Gasteiger partial charge in [0.2, 0.25) is 0 Å². The summed E-state index contributed by atoms with van der Waals surface area (Å²) in [5, 5.41) is 8.06. The number of nitrogens with one attached hydrogen (secondary N) is 1. The van der Waals surface area contributed by atoms with E-state index in [0.717, 1.165) is 57.0 Å². The zero-order valence-corrected chi connectivity index (χ0v) is 10.4. The fourth-order valence-electron chi connectivity index (χ4n) is 2.88. The van der Waals surface area contributed by atoms with Crippen molar-refractivity contribution in [2.24, 2.45) is 0 Å². The summed E-state index contributed by atoms with van der Waals surface area (Å²) in [6.07, 6.45) is 3.34. The maximum absolute atomic E-state index is 6.25. The molecule has 2 aliphatic rings. The molecule has 0 saturated carbocycles. The summed E-state index contributed by atoms with van der Waals surface area (Å²) in [5.74, 6) is 0.913. The topological polar surface area (TPSA) is 59.1 Å². The Balaban J connectivity index is 1.85. The first-order valence-corrected chi connectivity index (χ1v) is 6.50. The van der Waals surface area contributed by atoms with E-state index in [1.54, 1.807) is 0 Å². The molecule has 0 bridgehead atoms. The molecule has 0 radical (unpaired) electrons. The third-order valence-corrected chi connectivity index (χ3v) is 4.01. The first-order chi connectivity index (χ1) is 8.25. The number of fused-ring (bicyclic) bond motifs is 1. The van der Waals surface area contributed by atoms with Crippen molar-refractivity contribution in [2.75, 3.05) is 32.4 Å². The van der Waals surface area contributed by atoms with Gasteiger partial charge in [-0.05, 0) is 45.9 Å². The monoisotopic (exact) mass is 235 g/mol. The smallest absolute Gasteiger partial charge is 0.125 e. The van der Waals surface area contributed by atoms with E-state index in [0.29, 0.717) is 6.04 Å². The van der Waals surface area contributed by atoms with Gasteiger partial charge >= 0.3 is 0 Å². The summed E-state index contributed by atoms with van der Waals surface area (Å²) in [4.78, 5) is 2.37. The van der Waals surface area contributed by atoms with Crippen molar-refractivity contribution >= 4 is 5.82 Å². The number of hydrogen-bond acceptors (Lipinski definition) is 4. The summed E-state index contributed by atoms with van der Waals surface area (Å²) in [5.41, 5.74) is 8.69. The van der Waals surface area contributed by atoms with Crippen molar-refractivity contribution in [3.8, 4) is 0 Å². The number of hydrogen-bond donors (Lipinski definition) is 2. The molecule has 5 nitrogen and oxygen atoms in total. The maximum atomic E-state index is 6.25. The molecule has 0 atom stereocenters. The van der Waals surface area contributed by atoms with E-state index >= 15 is 0 Å². The lowest BCUT2D eigenvalue weighted by Gasteiger charge is -2.29. The zero-order chi connectivity index (χ0) is 11.8. The van der Waals surface area contributed by atoms with Crippen LogP contribution in [0.2, 0.25) is 0 Å². The number of rotatable bonds is 1. The molecule has 3 heterocycles. The summed E-state index contributed by atoms with van der Waals surface area (Å²) < 4.78 is 2.09. The molecule has 1 aromatic rings. The largest absolute Gasteiger partial charge is 0.384 e. The van der Waals surface area contributed by atoms with Gasteiger partial charge in [-0.25, -0.2) is 4.68 Å². The van der Waals surface area contributed by atoms with Gasteiger partial charge in [-0.2, -0.15) is 5.10 Å².